The van der Waals surface area contributed by atoms with E-state index in [0.29, 0.717) is 37.4 Å². The molecule has 1 amide bonds. The summed E-state index contributed by atoms with van der Waals surface area (Å²) in [5.74, 6) is 1.74. The fourth-order valence-corrected chi connectivity index (χ4v) is 3.99. The first-order valence-electron chi connectivity index (χ1n) is 12.4. The molecule has 0 aliphatic rings. The molecular formula is C27H40Cl3N5O3. The molecule has 2 N–H and O–H groups in total. The first-order chi connectivity index (χ1) is 16.9. The summed E-state index contributed by atoms with van der Waals surface area (Å²) in [6.45, 7) is 2.58. The van der Waals surface area contributed by atoms with Gasteiger partial charge in [-0.2, -0.15) is 0 Å². The van der Waals surface area contributed by atoms with Crippen molar-refractivity contribution in [1.29, 1.82) is 0 Å². The summed E-state index contributed by atoms with van der Waals surface area (Å²) >= 11 is 0. The second-order valence-electron chi connectivity index (χ2n) is 9.07. The monoisotopic (exact) mass is 587 g/mol. The van der Waals surface area contributed by atoms with Gasteiger partial charge in [0, 0.05) is 37.3 Å². The lowest BCUT2D eigenvalue weighted by Crippen LogP contribution is -2.31. The maximum Gasteiger partial charge on any atom is 0.221 e. The molecule has 3 aromatic rings. The zero-order chi connectivity index (χ0) is 25.2. The molecule has 0 aliphatic carbocycles. The topological polar surface area (TPSA) is 100 Å². The van der Waals surface area contributed by atoms with E-state index in [1.165, 1.54) is 0 Å². The van der Waals surface area contributed by atoms with Crippen molar-refractivity contribution in [2.24, 2.45) is 0 Å². The molecule has 8 nitrogen and oxygen atoms in total. The molecule has 0 saturated heterocycles. The molecular weight excluding hydrogens is 549 g/mol. The number of benzene rings is 1. The normalized spacial score (nSPS) is 11.2. The van der Waals surface area contributed by atoms with Crippen molar-refractivity contribution in [2.45, 2.75) is 57.9 Å². The van der Waals surface area contributed by atoms with E-state index in [4.69, 9.17) is 9.72 Å². The summed E-state index contributed by atoms with van der Waals surface area (Å²) in [6.07, 6.45) is 6.84. The van der Waals surface area contributed by atoms with Gasteiger partial charge in [-0.1, -0.05) is 31.9 Å². The Morgan fingerprint density at radius 2 is 1.82 bits per heavy atom. The standard InChI is InChI=1S/C27H37N5O3.3ClH/c1-5-19(33)11-7-6-8-14-22(30-26(34)15-16-32(2)3)27-28-18-24(31-27)23-17-25(35-4)20-12-9-10-13-21(20)29-23;;;/h9-10,12-13,17-18,22H,5-8,11,14-16H2,1-4H3,(H,28,31)(H,30,34);3*1H/t22-;;;/m0.../s1. The van der Waals surface area contributed by atoms with Gasteiger partial charge in [-0.25, -0.2) is 9.97 Å². The molecule has 0 fully saturated rings. The Kier molecular flexibility index (Phi) is 16.9. The Balaban J connectivity index is 0.00000456. The van der Waals surface area contributed by atoms with Gasteiger partial charge in [-0.05, 0) is 39.1 Å². The van der Waals surface area contributed by atoms with Crippen LogP contribution >= 0.6 is 37.2 Å². The summed E-state index contributed by atoms with van der Waals surface area (Å²) in [6, 6.07) is 9.51. The third kappa shape index (κ3) is 10.4. The Hall–Kier alpha value is -2.39. The summed E-state index contributed by atoms with van der Waals surface area (Å²) in [5.41, 5.74) is 2.34. The molecule has 1 atom stereocenters. The number of pyridine rings is 1. The summed E-state index contributed by atoms with van der Waals surface area (Å²) in [4.78, 5) is 38.9. The van der Waals surface area contributed by atoms with Crippen molar-refractivity contribution in [2.75, 3.05) is 27.7 Å². The third-order valence-corrected chi connectivity index (χ3v) is 6.06. The van der Waals surface area contributed by atoms with Gasteiger partial charge in [-0.3, -0.25) is 9.59 Å². The Bertz CT molecular complexity index is 1140. The average Bonchev–Trinajstić information content (AvgIpc) is 3.36. The fourth-order valence-electron chi connectivity index (χ4n) is 3.99. The second kappa shape index (κ2) is 18.0. The molecule has 0 unspecified atom stereocenters. The highest BCUT2D eigenvalue weighted by molar-refractivity contribution is 5.87. The average molecular weight is 589 g/mol. The van der Waals surface area contributed by atoms with Gasteiger partial charge < -0.3 is 19.9 Å². The van der Waals surface area contributed by atoms with Crippen LogP contribution in [0.5, 0.6) is 5.75 Å². The van der Waals surface area contributed by atoms with Gasteiger partial charge in [0.05, 0.1) is 36.3 Å². The maximum atomic E-state index is 12.6. The van der Waals surface area contributed by atoms with E-state index >= 15 is 0 Å². The number of para-hydroxylation sites is 1. The van der Waals surface area contributed by atoms with Crippen LogP contribution in [0.25, 0.3) is 22.3 Å². The summed E-state index contributed by atoms with van der Waals surface area (Å²) in [5, 5.41) is 4.10. The molecule has 2 heterocycles. The van der Waals surface area contributed by atoms with E-state index in [1.807, 2.05) is 56.3 Å². The quantitative estimate of drug-likeness (QED) is 0.226. The van der Waals surface area contributed by atoms with Crippen molar-refractivity contribution >= 4 is 59.8 Å². The number of fused-ring (bicyclic) bond motifs is 1. The lowest BCUT2D eigenvalue weighted by Gasteiger charge is -2.18. The number of H-pyrrole nitrogens is 1. The molecule has 3 rings (SSSR count). The highest BCUT2D eigenvalue weighted by atomic mass is 35.5. The smallest absolute Gasteiger partial charge is 0.221 e. The first-order valence-corrected chi connectivity index (χ1v) is 12.4. The Morgan fingerprint density at radius 1 is 1.08 bits per heavy atom. The van der Waals surface area contributed by atoms with Crippen LogP contribution < -0.4 is 10.1 Å². The summed E-state index contributed by atoms with van der Waals surface area (Å²) < 4.78 is 5.58. The fraction of sp³-hybridized carbons (Fsp3) is 0.481. The molecule has 0 radical (unpaired) electrons. The van der Waals surface area contributed by atoms with Gasteiger partial charge in [0.25, 0.3) is 0 Å². The number of imidazole rings is 1. The van der Waals surface area contributed by atoms with E-state index in [9.17, 15) is 9.59 Å². The zero-order valence-corrected chi connectivity index (χ0v) is 24.9. The van der Waals surface area contributed by atoms with Crippen LogP contribution in [0.4, 0.5) is 0 Å². The third-order valence-electron chi connectivity index (χ3n) is 6.06. The van der Waals surface area contributed by atoms with Crippen LogP contribution in [0.1, 0.15) is 63.7 Å². The number of hydrogen-bond donors (Lipinski definition) is 2. The molecule has 0 bridgehead atoms. The highest BCUT2D eigenvalue weighted by Crippen LogP contribution is 2.30. The van der Waals surface area contributed by atoms with Crippen LogP contribution in [-0.4, -0.2) is 59.3 Å². The number of hydrogen-bond acceptors (Lipinski definition) is 6. The van der Waals surface area contributed by atoms with Gasteiger partial charge >= 0.3 is 0 Å². The molecule has 0 saturated carbocycles. The van der Waals surface area contributed by atoms with Crippen LogP contribution in [0.3, 0.4) is 0 Å². The number of amides is 1. The first kappa shape index (κ1) is 35.6. The lowest BCUT2D eigenvalue weighted by atomic mass is 10.0. The molecule has 0 spiro atoms. The second-order valence-corrected chi connectivity index (χ2v) is 9.07. The van der Waals surface area contributed by atoms with E-state index < -0.39 is 0 Å². The zero-order valence-electron chi connectivity index (χ0n) is 22.5. The van der Waals surface area contributed by atoms with Gasteiger partial charge in [-0.15, -0.1) is 37.2 Å². The van der Waals surface area contributed by atoms with E-state index in [-0.39, 0.29) is 49.2 Å². The number of nitrogens with one attached hydrogen (secondary N) is 2. The number of aromatic amines is 1. The van der Waals surface area contributed by atoms with Crippen LogP contribution in [0.15, 0.2) is 36.5 Å². The van der Waals surface area contributed by atoms with Crippen molar-refractivity contribution in [3.63, 3.8) is 0 Å². The molecule has 2 aromatic heterocycles. The molecule has 1 aromatic carbocycles. The number of carbonyl (C=O) groups excluding carboxylic acids is 2. The Morgan fingerprint density at radius 3 is 2.50 bits per heavy atom. The van der Waals surface area contributed by atoms with Gasteiger partial charge in [0.1, 0.15) is 17.4 Å². The van der Waals surface area contributed by atoms with Crippen molar-refractivity contribution in [3.8, 4) is 17.1 Å². The number of aromatic nitrogens is 3. The van der Waals surface area contributed by atoms with Crippen LogP contribution in [0.2, 0.25) is 0 Å². The number of ketones is 1. The molecule has 11 heteroatoms. The number of rotatable bonds is 14. The van der Waals surface area contributed by atoms with Crippen molar-refractivity contribution in [1.82, 2.24) is 25.2 Å². The Labute approximate surface area is 243 Å². The number of carbonyl (C=O) groups is 2. The van der Waals surface area contributed by atoms with E-state index in [2.05, 4.69) is 15.3 Å². The lowest BCUT2D eigenvalue weighted by molar-refractivity contribution is -0.122. The molecule has 0 aliphatic heterocycles. The van der Waals surface area contributed by atoms with E-state index in [0.717, 1.165) is 53.7 Å². The predicted octanol–water partition coefficient (Wildman–Crippen LogP) is 5.94. The minimum Gasteiger partial charge on any atom is -0.496 e. The predicted molar refractivity (Wildman–Crippen MR) is 160 cm³/mol. The van der Waals surface area contributed by atoms with Crippen molar-refractivity contribution in [3.05, 3.63) is 42.4 Å². The number of ether oxygens (including phenoxy) is 1. The number of nitrogens with zero attached hydrogens (tertiary/aromatic N) is 3. The molecule has 38 heavy (non-hydrogen) atoms. The minimum absolute atomic E-state index is 0. The largest absolute Gasteiger partial charge is 0.496 e. The van der Waals surface area contributed by atoms with Crippen LogP contribution in [-0.2, 0) is 9.59 Å². The van der Waals surface area contributed by atoms with E-state index in [1.54, 1.807) is 13.3 Å². The maximum absolute atomic E-state index is 12.6. The SMILES string of the molecule is CCC(=O)CCCCC[C@H](NC(=O)CCN(C)C)c1ncc(-c2cc(OC)c3ccccc3n2)[nH]1.Cl.Cl.Cl. The van der Waals surface area contributed by atoms with Crippen molar-refractivity contribution < 1.29 is 14.3 Å². The highest BCUT2D eigenvalue weighted by Gasteiger charge is 2.19. The summed E-state index contributed by atoms with van der Waals surface area (Å²) in [7, 11) is 5.55. The minimum atomic E-state index is -0.234. The van der Waals surface area contributed by atoms with Gasteiger partial charge in [0.2, 0.25) is 5.91 Å². The number of unbranched alkanes of at least 4 members (excludes halogenated alkanes) is 2. The van der Waals surface area contributed by atoms with Crippen LogP contribution in [0, 0.1) is 0 Å². The van der Waals surface area contributed by atoms with Gasteiger partial charge in [0.15, 0.2) is 0 Å². The number of Topliss-reactive ketones (excluding diaryl/α,β-unsaturated/α-hetero) is 1. The number of methoxy groups -OCH3 is 1. The number of halogens is 3. The molecule has 212 valence electrons.